The maximum Gasteiger partial charge on any atom is 0.223 e. The van der Waals surface area contributed by atoms with Crippen molar-refractivity contribution in [2.24, 2.45) is 11.8 Å². The minimum atomic E-state index is -0.176. The van der Waals surface area contributed by atoms with E-state index in [1.54, 1.807) is 0 Å². The smallest absolute Gasteiger partial charge is 0.223 e. The van der Waals surface area contributed by atoms with Gasteiger partial charge in [-0.1, -0.05) is 13.8 Å². The molecule has 0 heterocycles. The predicted octanol–water partition coefficient (Wildman–Crippen LogP) is 2.09. The summed E-state index contributed by atoms with van der Waals surface area (Å²) in [5.41, 5.74) is 0. The Balaban J connectivity index is 2.10. The van der Waals surface area contributed by atoms with Crippen LogP contribution in [0, 0.1) is 11.8 Å². The number of aliphatic hydroxyl groups is 1. The Bertz CT molecular complexity index is 208. The second-order valence-electron chi connectivity index (χ2n) is 5.33. The van der Waals surface area contributed by atoms with Gasteiger partial charge in [-0.3, -0.25) is 4.79 Å². The van der Waals surface area contributed by atoms with Crippen LogP contribution in [0.5, 0.6) is 0 Å². The van der Waals surface area contributed by atoms with Crippen molar-refractivity contribution >= 4 is 5.91 Å². The van der Waals surface area contributed by atoms with E-state index in [1.807, 2.05) is 0 Å². The first-order chi connectivity index (χ1) is 7.59. The van der Waals surface area contributed by atoms with Crippen LogP contribution < -0.4 is 5.32 Å². The van der Waals surface area contributed by atoms with E-state index < -0.39 is 0 Å². The summed E-state index contributed by atoms with van der Waals surface area (Å²) in [6, 6.07) is 0. The molecule has 1 saturated carbocycles. The molecule has 1 amide bonds. The van der Waals surface area contributed by atoms with Crippen molar-refractivity contribution in [2.75, 3.05) is 6.54 Å². The zero-order chi connectivity index (χ0) is 12.0. The molecule has 94 valence electrons. The van der Waals surface area contributed by atoms with Gasteiger partial charge in [-0.2, -0.15) is 0 Å². The van der Waals surface area contributed by atoms with Gasteiger partial charge in [0.2, 0.25) is 5.91 Å². The number of aliphatic hydroxyl groups excluding tert-OH is 1. The van der Waals surface area contributed by atoms with Gasteiger partial charge in [0.1, 0.15) is 0 Å². The zero-order valence-electron chi connectivity index (χ0n) is 10.5. The molecule has 3 nitrogen and oxygen atoms in total. The van der Waals surface area contributed by atoms with Crippen LogP contribution in [0.3, 0.4) is 0 Å². The van der Waals surface area contributed by atoms with Gasteiger partial charge in [0.15, 0.2) is 0 Å². The van der Waals surface area contributed by atoms with E-state index in [4.69, 9.17) is 0 Å². The van der Waals surface area contributed by atoms with Crippen molar-refractivity contribution in [1.29, 1.82) is 0 Å². The van der Waals surface area contributed by atoms with Crippen LogP contribution in [0.4, 0.5) is 0 Å². The van der Waals surface area contributed by atoms with E-state index >= 15 is 0 Å². The molecular weight excluding hydrogens is 202 g/mol. The molecule has 1 rings (SSSR count). The highest BCUT2D eigenvalue weighted by Gasteiger charge is 2.24. The maximum atomic E-state index is 11.8. The van der Waals surface area contributed by atoms with Crippen molar-refractivity contribution in [2.45, 2.75) is 58.5 Å². The first-order valence-corrected chi connectivity index (χ1v) is 6.55. The quantitative estimate of drug-likeness (QED) is 0.707. The summed E-state index contributed by atoms with van der Waals surface area (Å²) in [5, 5.41) is 12.4. The molecule has 1 aliphatic rings. The van der Waals surface area contributed by atoms with Gasteiger partial charge in [-0.25, -0.2) is 0 Å². The topological polar surface area (TPSA) is 49.3 Å². The minimum Gasteiger partial charge on any atom is -0.393 e. The molecule has 0 aromatic carbocycles. The molecule has 0 saturated heterocycles. The fourth-order valence-corrected chi connectivity index (χ4v) is 2.20. The fourth-order valence-electron chi connectivity index (χ4n) is 2.20. The van der Waals surface area contributed by atoms with Crippen molar-refractivity contribution in [1.82, 2.24) is 5.32 Å². The summed E-state index contributed by atoms with van der Waals surface area (Å²) in [7, 11) is 0. The first-order valence-electron chi connectivity index (χ1n) is 6.55. The van der Waals surface area contributed by atoms with E-state index in [2.05, 4.69) is 19.2 Å². The second kappa shape index (κ2) is 6.89. The van der Waals surface area contributed by atoms with Crippen LogP contribution in [0.2, 0.25) is 0 Å². The molecule has 0 atom stereocenters. The summed E-state index contributed by atoms with van der Waals surface area (Å²) in [4.78, 5) is 11.8. The highest BCUT2D eigenvalue weighted by molar-refractivity contribution is 5.78. The second-order valence-corrected chi connectivity index (χ2v) is 5.33. The Kier molecular flexibility index (Phi) is 5.81. The van der Waals surface area contributed by atoms with Gasteiger partial charge >= 0.3 is 0 Å². The van der Waals surface area contributed by atoms with Crippen LogP contribution in [-0.4, -0.2) is 23.7 Å². The predicted molar refractivity (Wildman–Crippen MR) is 65.0 cm³/mol. The van der Waals surface area contributed by atoms with E-state index in [-0.39, 0.29) is 17.9 Å². The van der Waals surface area contributed by atoms with Gasteiger partial charge in [0, 0.05) is 12.5 Å². The SMILES string of the molecule is CC(C)CCCNC(=O)C1CCC(O)CC1. The molecule has 16 heavy (non-hydrogen) atoms. The summed E-state index contributed by atoms with van der Waals surface area (Å²) < 4.78 is 0. The van der Waals surface area contributed by atoms with Gasteiger partial charge in [-0.05, 0) is 44.4 Å². The Morgan fingerprint density at radius 3 is 2.50 bits per heavy atom. The third kappa shape index (κ3) is 4.97. The van der Waals surface area contributed by atoms with E-state index in [0.29, 0.717) is 5.92 Å². The van der Waals surface area contributed by atoms with Crippen molar-refractivity contribution in [3.63, 3.8) is 0 Å². The van der Waals surface area contributed by atoms with Gasteiger partial charge in [0.05, 0.1) is 6.10 Å². The Morgan fingerprint density at radius 1 is 1.31 bits per heavy atom. The summed E-state index contributed by atoms with van der Waals surface area (Å²) in [5.74, 6) is 1.04. The normalized spacial score (nSPS) is 25.8. The van der Waals surface area contributed by atoms with Crippen LogP contribution in [0.25, 0.3) is 0 Å². The number of rotatable bonds is 5. The summed E-state index contributed by atoms with van der Waals surface area (Å²) in [6.07, 6.45) is 5.32. The number of hydrogen-bond acceptors (Lipinski definition) is 2. The monoisotopic (exact) mass is 227 g/mol. The number of carbonyl (C=O) groups excluding carboxylic acids is 1. The minimum absolute atomic E-state index is 0.141. The third-order valence-electron chi connectivity index (χ3n) is 3.32. The number of carbonyl (C=O) groups is 1. The average Bonchev–Trinajstić information content (AvgIpc) is 2.25. The number of amides is 1. The highest BCUT2D eigenvalue weighted by Crippen LogP contribution is 2.24. The molecule has 0 aromatic rings. The molecule has 1 aliphatic carbocycles. The van der Waals surface area contributed by atoms with E-state index in [1.165, 1.54) is 6.42 Å². The molecule has 0 spiro atoms. The Labute approximate surface area is 98.6 Å². The molecule has 2 N–H and O–H groups in total. The molecule has 0 unspecified atom stereocenters. The standard InChI is InChI=1S/C13H25NO2/c1-10(2)4-3-9-14-13(16)11-5-7-12(15)8-6-11/h10-12,15H,3-9H2,1-2H3,(H,14,16). The van der Waals surface area contributed by atoms with Crippen molar-refractivity contribution < 1.29 is 9.90 Å². The van der Waals surface area contributed by atoms with E-state index in [0.717, 1.165) is 38.6 Å². The third-order valence-corrected chi connectivity index (χ3v) is 3.32. The molecule has 0 radical (unpaired) electrons. The number of hydrogen-bond donors (Lipinski definition) is 2. The Hall–Kier alpha value is -0.570. The van der Waals surface area contributed by atoms with Gasteiger partial charge < -0.3 is 10.4 Å². The molecule has 1 fully saturated rings. The first kappa shape index (κ1) is 13.5. The van der Waals surface area contributed by atoms with Crippen LogP contribution in [-0.2, 0) is 4.79 Å². The summed E-state index contributed by atoms with van der Waals surface area (Å²) in [6.45, 7) is 5.20. The maximum absolute atomic E-state index is 11.8. The largest absolute Gasteiger partial charge is 0.393 e. The molecular formula is C13H25NO2. The van der Waals surface area contributed by atoms with Gasteiger partial charge in [-0.15, -0.1) is 0 Å². The lowest BCUT2D eigenvalue weighted by atomic mass is 9.87. The molecule has 0 aromatic heterocycles. The lowest BCUT2D eigenvalue weighted by Gasteiger charge is -2.24. The van der Waals surface area contributed by atoms with Crippen molar-refractivity contribution in [3.8, 4) is 0 Å². The van der Waals surface area contributed by atoms with E-state index in [9.17, 15) is 9.90 Å². The van der Waals surface area contributed by atoms with Crippen LogP contribution in [0.1, 0.15) is 52.4 Å². The van der Waals surface area contributed by atoms with Gasteiger partial charge in [0.25, 0.3) is 0 Å². The summed E-state index contributed by atoms with van der Waals surface area (Å²) >= 11 is 0. The Morgan fingerprint density at radius 2 is 1.94 bits per heavy atom. The lowest BCUT2D eigenvalue weighted by Crippen LogP contribution is -2.34. The lowest BCUT2D eigenvalue weighted by molar-refractivity contribution is -0.126. The van der Waals surface area contributed by atoms with Crippen molar-refractivity contribution in [3.05, 3.63) is 0 Å². The van der Waals surface area contributed by atoms with Crippen LogP contribution in [0.15, 0.2) is 0 Å². The zero-order valence-corrected chi connectivity index (χ0v) is 10.5. The highest BCUT2D eigenvalue weighted by atomic mass is 16.3. The molecule has 0 aliphatic heterocycles. The fraction of sp³-hybridized carbons (Fsp3) is 0.923. The average molecular weight is 227 g/mol. The number of nitrogens with one attached hydrogen (secondary N) is 1. The molecule has 3 heteroatoms. The molecule has 0 bridgehead atoms. The van der Waals surface area contributed by atoms with Crippen LogP contribution >= 0.6 is 0 Å².